The summed E-state index contributed by atoms with van der Waals surface area (Å²) in [7, 11) is 0. The molecule has 0 bridgehead atoms. The molecule has 1 aliphatic heterocycles. The van der Waals surface area contributed by atoms with Crippen LogP contribution in [0.25, 0.3) is 5.65 Å². The van der Waals surface area contributed by atoms with Crippen molar-refractivity contribution < 1.29 is 0 Å². The molecule has 7 nitrogen and oxygen atoms in total. The van der Waals surface area contributed by atoms with E-state index in [1.807, 2.05) is 10.7 Å². The number of nitrogens with zero attached hydrogens (tertiary/aromatic N) is 4. The maximum atomic E-state index is 6.02. The van der Waals surface area contributed by atoms with E-state index < -0.39 is 0 Å². The van der Waals surface area contributed by atoms with Gasteiger partial charge in [0.1, 0.15) is 0 Å². The maximum Gasteiger partial charge on any atom is 0.243 e. The zero-order chi connectivity index (χ0) is 15.4. The van der Waals surface area contributed by atoms with Gasteiger partial charge in [-0.15, -0.1) is 5.10 Å². The molecule has 4 N–H and O–H groups in total. The van der Waals surface area contributed by atoms with Crippen molar-refractivity contribution in [3.05, 3.63) is 11.9 Å². The molecule has 1 fully saturated rings. The van der Waals surface area contributed by atoms with Crippen molar-refractivity contribution in [3.63, 3.8) is 0 Å². The average Bonchev–Trinajstić information content (AvgIpc) is 2.92. The van der Waals surface area contributed by atoms with Crippen LogP contribution in [0.15, 0.2) is 6.20 Å². The molecule has 0 radical (unpaired) electrons. The van der Waals surface area contributed by atoms with Gasteiger partial charge in [0, 0.05) is 6.54 Å². The van der Waals surface area contributed by atoms with Gasteiger partial charge in [-0.2, -0.15) is 4.98 Å². The minimum absolute atomic E-state index is 0.436. The molecule has 7 heteroatoms. The molecule has 0 spiro atoms. The Morgan fingerprint density at radius 2 is 2.23 bits per heavy atom. The summed E-state index contributed by atoms with van der Waals surface area (Å²) in [5.74, 6) is 1.71. The summed E-state index contributed by atoms with van der Waals surface area (Å²) >= 11 is 0. The Labute approximate surface area is 130 Å². The van der Waals surface area contributed by atoms with Crippen molar-refractivity contribution in [2.45, 2.75) is 39.0 Å². The minimum atomic E-state index is 0.436. The van der Waals surface area contributed by atoms with E-state index in [2.05, 4.69) is 32.6 Å². The topological polar surface area (TPSA) is 93.2 Å². The highest BCUT2D eigenvalue weighted by Gasteiger charge is 2.17. The molecule has 2 aromatic heterocycles. The van der Waals surface area contributed by atoms with Gasteiger partial charge < -0.3 is 16.4 Å². The normalized spacial score (nSPS) is 16.2. The first-order valence-electron chi connectivity index (χ1n) is 8.22. The van der Waals surface area contributed by atoms with Gasteiger partial charge in [-0.05, 0) is 44.7 Å². The molecule has 0 atom stereocenters. The van der Waals surface area contributed by atoms with E-state index in [-0.39, 0.29) is 0 Å². The van der Waals surface area contributed by atoms with Crippen LogP contribution in [0.5, 0.6) is 0 Å². The number of hydrogen-bond donors (Lipinski definition) is 3. The maximum absolute atomic E-state index is 6.02. The molecule has 1 saturated heterocycles. The number of aromatic nitrogens is 4. The third kappa shape index (κ3) is 3.30. The van der Waals surface area contributed by atoms with Crippen molar-refractivity contribution >= 4 is 17.4 Å². The fraction of sp³-hybridized carbons (Fsp3) is 0.667. The zero-order valence-electron chi connectivity index (χ0n) is 13.2. The Morgan fingerprint density at radius 1 is 1.41 bits per heavy atom. The van der Waals surface area contributed by atoms with Crippen LogP contribution in [0, 0.1) is 5.92 Å². The van der Waals surface area contributed by atoms with Crippen LogP contribution < -0.4 is 16.4 Å². The Kier molecular flexibility index (Phi) is 4.72. The largest absolute Gasteiger partial charge is 0.380 e. The number of imidazole rings is 1. The molecule has 22 heavy (non-hydrogen) atoms. The lowest BCUT2D eigenvalue weighted by molar-refractivity contribution is 0.368. The van der Waals surface area contributed by atoms with Crippen molar-refractivity contribution in [1.29, 1.82) is 0 Å². The number of nitrogen functional groups attached to an aromatic ring is 1. The van der Waals surface area contributed by atoms with E-state index in [1.54, 1.807) is 0 Å². The van der Waals surface area contributed by atoms with Crippen molar-refractivity contribution in [2.75, 3.05) is 30.7 Å². The van der Waals surface area contributed by atoms with Crippen LogP contribution in [0.2, 0.25) is 0 Å². The van der Waals surface area contributed by atoms with Crippen molar-refractivity contribution in [2.24, 2.45) is 5.92 Å². The number of fused-ring (bicyclic) bond motifs is 1. The van der Waals surface area contributed by atoms with Crippen LogP contribution in [0.3, 0.4) is 0 Å². The molecule has 0 aliphatic carbocycles. The summed E-state index contributed by atoms with van der Waals surface area (Å²) in [5, 5.41) is 11.2. The van der Waals surface area contributed by atoms with Gasteiger partial charge in [0.15, 0.2) is 11.5 Å². The molecular formula is C15H25N7. The van der Waals surface area contributed by atoms with E-state index in [9.17, 15) is 0 Å². The van der Waals surface area contributed by atoms with Gasteiger partial charge in [-0.25, -0.2) is 9.50 Å². The summed E-state index contributed by atoms with van der Waals surface area (Å²) in [5.41, 5.74) is 7.80. The third-order valence-corrected chi connectivity index (χ3v) is 4.23. The summed E-state index contributed by atoms with van der Waals surface area (Å²) in [6.07, 6.45) is 7.51. The highest BCUT2D eigenvalue weighted by atomic mass is 15.3. The number of anilines is 2. The molecule has 2 aromatic rings. The van der Waals surface area contributed by atoms with Crippen molar-refractivity contribution in [1.82, 2.24) is 24.9 Å². The number of hydrogen-bond acceptors (Lipinski definition) is 6. The number of piperidine rings is 1. The molecular weight excluding hydrogens is 278 g/mol. The second kappa shape index (κ2) is 6.91. The van der Waals surface area contributed by atoms with Gasteiger partial charge in [-0.3, -0.25) is 0 Å². The van der Waals surface area contributed by atoms with E-state index in [0.717, 1.165) is 44.6 Å². The smallest absolute Gasteiger partial charge is 0.243 e. The molecule has 3 rings (SSSR count). The average molecular weight is 303 g/mol. The first kappa shape index (κ1) is 15.0. The number of unbranched alkanes of at least 4 members (excludes halogenated alkanes) is 1. The highest BCUT2D eigenvalue weighted by molar-refractivity contribution is 5.61. The van der Waals surface area contributed by atoms with Crippen LogP contribution >= 0.6 is 0 Å². The van der Waals surface area contributed by atoms with Crippen LogP contribution in [-0.2, 0) is 6.42 Å². The predicted octanol–water partition coefficient (Wildman–Crippen LogP) is 1.46. The number of rotatable bonds is 6. The third-order valence-electron chi connectivity index (χ3n) is 4.23. The lowest BCUT2D eigenvalue weighted by Crippen LogP contribution is -2.29. The Morgan fingerprint density at radius 3 is 3.00 bits per heavy atom. The van der Waals surface area contributed by atoms with Crippen molar-refractivity contribution in [3.8, 4) is 0 Å². The van der Waals surface area contributed by atoms with Gasteiger partial charge in [0.05, 0.1) is 11.9 Å². The summed E-state index contributed by atoms with van der Waals surface area (Å²) in [6.45, 7) is 5.22. The summed E-state index contributed by atoms with van der Waals surface area (Å²) in [6, 6.07) is 0. The first-order valence-corrected chi connectivity index (χ1v) is 8.22. The zero-order valence-corrected chi connectivity index (χ0v) is 13.2. The van der Waals surface area contributed by atoms with Crippen LogP contribution in [-0.4, -0.2) is 39.2 Å². The van der Waals surface area contributed by atoms with Gasteiger partial charge in [-0.1, -0.05) is 13.3 Å². The molecule has 1 aliphatic rings. The second-order valence-corrected chi connectivity index (χ2v) is 5.98. The van der Waals surface area contributed by atoms with Gasteiger partial charge in [0.2, 0.25) is 5.95 Å². The van der Waals surface area contributed by atoms with E-state index in [4.69, 9.17) is 5.73 Å². The van der Waals surface area contributed by atoms with E-state index in [0.29, 0.717) is 23.3 Å². The Hall–Kier alpha value is -1.89. The van der Waals surface area contributed by atoms with Crippen LogP contribution in [0.4, 0.5) is 11.8 Å². The summed E-state index contributed by atoms with van der Waals surface area (Å²) < 4.78 is 1.86. The molecule has 120 valence electrons. The Balaban J connectivity index is 1.80. The lowest BCUT2D eigenvalue weighted by atomic mass is 9.93. The Bertz CT molecular complexity index is 616. The van der Waals surface area contributed by atoms with Gasteiger partial charge in [0.25, 0.3) is 0 Å². The fourth-order valence-electron chi connectivity index (χ4n) is 2.92. The van der Waals surface area contributed by atoms with Crippen LogP contribution in [0.1, 0.15) is 38.3 Å². The second-order valence-electron chi connectivity index (χ2n) is 5.98. The minimum Gasteiger partial charge on any atom is -0.380 e. The standard InChI is InChI=1S/C15H25N7/c1-2-3-6-18-15-20-13(16)14-19-10-12(22(14)21-15)9-11-4-7-17-8-5-11/h10-11,17H,2-9H2,1H3,(H3,16,18,20,21). The fourth-order valence-corrected chi connectivity index (χ4v) is 2.92. The first-order chi connectivity index (χ1) is 10.8. The van der Waals surface area contributed by atoms with E-state index in [1.165, 1.54) is 12.8 Å². The SMILES string of the molecule is CCCCNc1nc(N)c2ncc(CC3CCNCC3)n2n1. The number of nitrogens with two attached hydrogens (primary N) is 1. The predicted molar refractivity (Wildman–Crippen MR) is 87.9 cm³/mol. The monoisotopic (exact) mass is 303 g/mol. The molecule has 3 heterocycles. The number of nitrogens with one attached hydrogen (secondary N) is 2. The van der Waals surface area contributed by atoms with E-state index >= 15 is 0 Å². The highest BCUT2D eigenvalue weighted by Crippen LogP contribution is 2.20. The quantitative estimate of drug-likeness (QED) is 0.700. The molecule has 0 saturated carbocycles. The lowest BCUT2D eigenvalue weighted by Gasteiger charge is -2.22. The summed E-state index contributed by atoms with van der Waals surface area (Å²) in [4.78, 5) is 8.69. The molecule has 0 amide bonds. The molecule has 0 aromatic carbocycles. The van der Waals surface area contributed by atoms with Gasteiger partial charge >= 0.3 is 0 Å². The molecule has 0 unspecified atom stereocenters.